The van der Waals surface area contributed by atoms with Crippen molar-refractivity contribution in [2.24, 2.45) is 12.5 Å². The van der Waals surface area contributed by atoms with Gasteiger partial charge in [-0.05, 0) is 51.9 Å². The number of aryl methyl sites for hydroxylation is 1. The van der Waals surface area contributed by atoms with Crippen LogP contribution in [0.4, 0.5) is 5.82 Å². The van der Waals surface area contributed by atoms with Crippen LogP contribution in [0.3, 0.4) is 0 Å². The number of hydrogen-bond donors (Lipinski definition) is 2. The van der Waals surface area contributed by atoms with E-state index >= 15 is 0 Å². The van der Waals surface area contributed by atoms with Crippen LogP contribution in [0.25, 0.3) is 22.8 Å². The van der Waals surface area contributed by atoms with E-state index in [1.165, 1.54) is 0 Å². The van der Waals surface area contributed by atoms with E-state index < -0.39 is 6.10 Å². The van der Waals surface area contributed by atoms with Crippen molar-refractivity contribution in [1.29, 1.82) is 0 Å². The number of methoxy groups -OCH3 is 1. The lowest BCUT2D eigenvalue weighted by molar-refractivity contribution is -0.0733. The van der Waals surface area contributed by atoms with E-state index in [9.17, 15) is 5.11 Å². The summed E-state index contributed by atoms with van der Waals surface area (Å²) in [5.41, 5.74) is 4.38. The van der Waals surface area contributed by atoms with Gasteiger partial charge in [0, 0.05) is 55.9 Å². The largest absolute Gasteiger partial charge is 0.491 e. The minimum atomic E-state index is -0.631. The molecule has 3 aromatic rings. The van der Waals surface area contributed by atoms with Gasteiger partial charge in [-0.1, -0.05) is 23.2 Å². The van der Waals surface area contributed by atoms with E-state index in [0.717, 1.165) is 54.3 Å². The zero-order chi connectivity index (χ0) is 27.2. The Labute approximate surface area is 233 Å². The molecular formula is C27H34Cl2N6O3. The molecule has 2 N–H and O–H groups in total. The van der Waals surface area contributed by atoms with Crippen molar-refractivity contribution < 1.29 is 14.6 Å². The maximum Gasteiger partial charge on any atom is 0.163 e. The average molecular weight is 562 g/mol. The SMILES string of the molecule is CNC[C@@H](O)COc1ccc(Cl)c(-c2nc(-c3c(C)c(Cl)nn3C)c(C)c(N3CC4(CC(OC)C4)C3)n2)c1. The Morgan fingerprint density at radius 3 is 2.55 bits per heavy atom. The van der Waals surface area contributed by atoms with Crippen molar-refractivity contribution in [3.63, 3.8) is 0 Å². The van der Waals surface area contributed by atoms with Crippen LogP contribution >= 0.6 is 23.2 Å². The van der Waals surface area contributed by atoms with E-state index in [4.69, 9.17) is 42.6 Å². The van der Waals surface area contributed by atoms with E-state index in [2.05, 4.69) is 15.3 Å². The van der Waals surface area contributed by atoms with Gasteiger partial charge < -0.3 is 24.8 Å². The molecule has 5 rings (SSSR count). The molecule has 0 radical (unpaired) electrons. The van der Waals surface area contributed by atoms with Crippen LogP contribution < -0.4 is 15.0 Å². The second-order valence-electron chi connectivity index (χ2n) is 10.5. The summed E-state index contributed by atoms with van der Waals surface area (Å²) < 4.78 is 13.1. The van der Waals surface area contributed by atoms with Crippen LogP contribution in [0.2, 0.25) is 10.2 Å². The second-order valence-corrected chi connectivity index (χ2v) is 11.3. The molecule has 1 atom stereocenters. The number of aliphatic hydroxyl groups excluding tert-OH is 1. The van der Waals surface area contributed by atoms with Crippen molar-refractivity contribution in [3.05, 3.63) is 39.5 Å². The number of benzene rings is 1. The predicted octanol–water partition coefficient (Wildman–Crippen LogP) is 4.04. The van der Waals surface area contributed by atoms with Gasteiger partial charge in [-0.15, -0.1) is 0 Å². The molecule has 204 valence electrons. The monoisotopic (exact) mass is 560 g/mol. The van der Waals surface area contributed by atoms with E-state index in [1.54, 1.807) is 31.0 Å². The Morgan fingerprint density at radius 1 is 1.18 bits per heavy atom. The number of aromatic nitrogens is 4. The number of likely N-dealkylation sites (N-methyl/N-ethyl adjacent to an activating group) is 1. The summed E-state index contributed by atoms with van der Waals surface area (Å²) in [5.74, 6) is 1.95. The smallest absolute Gasteiger partial charge is 0.163 e. The molecule has 1 saturated heterocycles. The number of rotatable bonds is 9. The molecule has 1 aromatic carbocycles. The van der Waals surface area contributed by atoms with Gasteiger partial charge in [-0.3, -0.25) is 4.68 Å². The third-order valence-corrected chi connectivity index (χ3v) is 8.33. The van der Waals surface area contributed by atoms with Gasteiger partial charge in [0.05, 0.1) is 22.5 Å². The van der Waals surface area contributed by atoms with E-state index in [-0.39, 0.29) is 6.61 Å². The van der Waals surface area contributed by atoms with Gasteiger partial charge in [0.1, 0.15) is 24.3 Å². The number of aliphatic hydroxyl groups is 1. The summed E-state index contributed by atoms with van der Waals surface area (Å²) in [4.78, 5) is 12.3. The molecule has 0 unspecified atom stereocenters. The van der Waals surface area contributed by atoms with Gasteiger partial charge in [0.25, 0.3) is 0 Å². The zero-order valence-corrected chi connectivity index (χ0v) is 23.9. The van der Waals surface area contributed by atoms with E-state index in [1.807, 2.05) is 27.0 Å². The normalized spacial score (nSPS) is 17.4. The van der Waals surface area contributed by atoms with Crippen LogP contribution in [0.15, 0.2) is 18.2 Å². The second kappa shape index (κ2) is 10.6. The van der Waals surface area contributed by atoms with Gasteiger partial charge >= 0.3 is 0 Å². The zero-order valence-electron chi connectivity index (χ0n) is 22.4. The summed E-state index contributed by atoms with van der Waals surface area (Å²) in [7, 11) is 5.43. The Bertz CT molecular complexity index is 1330. The lowest BCUT2D eigenvalue weighted by Gasteiger charge is -2.59. The number of nitrogens with zero attached hydrogens (tertiary/aromatic N) is 5. The fraction of sp³-hybridized carbons (Fsp3) is 0.519. The number of nitrogens with one attached hydrogen (secondary N) is 1. The third kappa shape index (κ3) is 4.98. The van der Waals surface area contributed by atoms with E-state index in [0.29, 0.717) is 45.4 Å². The summed E-state index contributed by atoms with van der Waals surface area (Å²) in [6, 6.07) is 5.37. The number of halogens is 2. The standard InChI is InChI=1S/C27H34Cl2N6O3/c1-15-22(23-16(2)24(29)33-34(23)4)31-25(32-26(15)35-13-27(14-35)9-19(10-27)37-5)20-8-18(6-7-21(20)28)38-12-17(36)11-30-3/h6-8,17,19,30,36H,9-14H2,1-5H3/t17-/m1/s1. The molecule has 1 saturated carbocycles. The fourth-order valence-corrected chi connectivity index (χ4v) is 5.99. The fourth-order valence-electron chi connectivity index (χ4n) is 5.59. The first kappa shape index (κ1) is 27.1. The summed E-state index contributed by atoms with van der Waals surface area (Å²) in [6.45, 7) is 6.43. The third-order valence-electron chi connectivity index (χ3n) is 7.64. The van der Waals surface area contributed by atoms with Crippen LogP contribution in [0, 0.1) is 19.3 Å². The minimum Gasteiger partial charge on any atom is -0.491 e. The topological polar surface area (TPSA) is 97.6 Å². The average Bonchev–Trinajstić information content (AvgIpc) is 3.09. The van der Waals surface area contributed by atoms with Crippen LogP contribution in [0.5, 0.6) is 5.75 Å². The Hall–Kier alpha value is -2.43. The highest BCUT2D eigenvalue weighted by atomic mass is 35.5. The highest BCUT2D eigenvalue weighted by Gasteiger charge is 2.53. The maximum absolute atomic E-state index is 10.1. The lowest BCUT2D eigenvalue weighted by Crippen LogP contribution is -2.64. The van der Waals surface area contributed by atoms with Gasteiger partial charge in [0.15, 0.2) is 11.0 Å². The first-order valence-corrected chi connectivity index (χ1v) is 13.5. The van der Waals surface area contributed by atoms with Gasteiger partial charge in [-0.25, -0.2) is 9.97 Å². The van der Waals surface area contributed by atoms with Crippen molar-refractivity contribution in [2.45, 2.75) is 38.9 Å². The first-order chi connectivity index (χ1) is 18.1. The highest BCUT2D eigenvalue weighted by Crippen LogP contribution is 2.51. The van der Waals surface area contributed by atoms with Crippen molar-refractivity contribution in [1.82, 2.24) is 25.1 Å². The summed E-state index contributed by atoms with van der Waals surface area (Å²) in [5, 5.41) is 18.4. The quantitative estimate of drug-likeness (QED) is 0.404. The lowest BCUT2D eigenvalue weighted by atomic mass is 9.61. The summed E-state index contributed by atoms with van der Waals surface area (Å²) in [6.07, 6.45) is 1.87. The Balaban J connectivity index is 1.54. The molecule has 2 fully saturated rings. The molecule has 9 nitrogen and oxygen atoms in total. The molecule has 38 heavy (non-hydrogen) atoms. The Kier molecular flexibility index (Phi) is 7.59. The summed E-state index contributed by atoms with van der Waals surface area (Å²) >= 11 is 13.1. The van der Waals surface area contributed by atoms with Crippen molar-refractivity contribution in [2.75, 3.05) is 45.3 Å². The van der Waals surface area contributed by atoms with Crippen LogP contribution in [-0.2, 0) is 11.8 Å². The molecule has 0 bridgehead atoms. The first-order valence-electron chi connectivity index (χ1n) is 12.8. The molecule has 0 amide bonds. The molecule has 11 heteroatoms. The van der Waals surface area contributed by atoms with Crippen molar-refractivity contribution >= 4 is 29.0 Å². The Morgan fingerprint density at radius 2 is 1.92 bits per heavy atom. The molecule has 2 aromatic heterocycles. The highest BCUT2D eigenvalue weighted by molar-refractivity contribution is 6.33. The van der Waals surface area contributed by atoms with Crippen LogP contribution in [0.1, 0.15) is 24.0 Å². The molecule has 1 aliphatic carbocycles. The van der Waals surface area contributed by atoms with Crippen LogP contribution in [-0.4, -0.2) is 77.5 Å². The molecule has 3 heterocycles. The molecule has 1 aliphatic heterocycles. The minimum absolute atomic E-state index is 0.151. The molecule has 2 aliphatic rings. The van der Waals surface area contributed by atoms with Crippen molar-refractivity contribution in [3.8, 4) is 28.5 Å². The molecular weight excluding hydrogens is 527 g/mol. The predicted molar refractivity (Wildman–Crippen MR) is 149 cm³/mol. The molecule has 1 spiro atoms. The number of anilines is 1. The number of hydrogen-bond acceptors (Lipinski definition) is 8. The number of ether oxygens (including phenoxy) is 2. The van der Waals surface area contributed by atoms with Gasteiger partial charge in [-0.2, -0.15) is 5.10 Å². The maximum atomic E-state index is 10.1. The van der Waals surface area contributed by atoms with Gasteiger partial charge in [0.2, 0.25) is 0 Å².